The van der Waals surface area contributed by atoms with Crippen LogP contribution >= 0.6 is 11.3 Å². The number of Topliss-reactive ketones (excluding diaryl/α,β-unsaturated/α-hetero) is 1. The number of H-pyrrole nitrogens is 1. The highest BCUT2D eigenvalue weighted by Crippen LogP contribution is 2.16. The lowest BCUT2D eigenvalue weighted by Crippen LogP contribution is -2.14. The summed E-state index contributed by atoms with van der Waals surface area (Å²) in [5.74, 6) is 0.253. The monoisotopic (exact) mass is 274 g/mol. The van der Waals surface area contributed by atoms with Gasteiger partial charge in [0.25, 0.3) is 5.56 Å². The fourth-order valence-corrected chi connectivity index (χ4v) is 2.66. The Morgan fingerprint density at radius 2 is 2.26 bits per heavy atom. The number of aromatic amines is 1. The fraction of sp³-hybridized carbons (Fsp3) is 0.167. The molecular weight excluding hydrogens is 264 g/mol. The number of ketones is 1. The van der Waals surface area contributed by atoms with E-state index in [1.54, 1.807) is 13.0 Å². The van der Waals surface area contributed by atoms with Gasteiger partial charge in [0.15, 0.2) is 5.78 Å². The number of carbonyl (C=O) groups is 1. The fourth-order valence-electron chi connectivity index (χ4n) is 1.93. The molecule has 7 heteroatoms. The van der Waals surface area contributed by atoms with Gasteiger partial charge in [0.2, 0.25) is 5.95 Å². The van der Waals surface area contributed by atoms with Gasteiger partial charge >= 0.3 is 0 Å². The highest BCUT2D eigenvalue weighted by molar-refractivity contribution is 7.17. The molecule has 0 aliphatic heterocycles. The largest absolute Gasteiger partial charge is 0.294 e. The maximum atomic E-state index is 11.9. The molecule has 0 fully saturated rings. The number of hydrogen-bond acceptors (Lipinski definition) is 5. The number of nitrogens with one attached hydrogen (secondary N) is 1. The first-order chi connectivity index (χ1) is 9.08. The van der Waals surface area contributed by atoms with Gasteiger partial charge in [-0.05, 0) is 25.3 Å². The summed E-state index contributed by atoms with van der Waals surface area (Å²) in [6.07, 6.45) is 1.48. The molecule has 3 aromatic heterocycles. The molecule has 19 heavy (non-hydrogen) atoms. The number of carbonyl (C=O) groups excluding carboxylic acids is 1. The molecule has 0 aliphatic rings. The number of hydrogen-bond donors (Lipinski definition) is 1. The van der Waals surface area contributed by atoms with Crippen molar-refractivity contribution in [3.05, 3.63) is 39.3 Å². The van der Waals surface area contributed by atoms with E-state index in [2.05, 4.69) is 15.1 Å². The molecule has 3 aromatic rings. The Bertz CT molecular complexity index is 843. The quantitative estimate of drug-likeness (QED) is 0.721. The van der Waals surface area contributed by atoms with Crippen LogP contribution in [0.2, 0.25) is 0 Å². The molecule has 1 N–H and O–H groups in total. The van der Waals surface area contributed by atoms with E-state index in [0.29, 0.717) is 27.4 Å². The zero-order chi connectivity index (χ0) is 13.6. The van der Waals surface area contributed by atoms with Crippen molar-refractivity contribution in [1.82, 2.24) is 19.7 Å². The molecule has 0 saturated carbocycles. The Morgan fingerprint density at radius 1 is 1.47 bits per heavy atom. The SMILES string of the molecule is CC(=O)c1cnn(-c2nc3ccsc3c(=O)[nH]2)c1C. The zero-order valence-corrected chi connectivity index (χ0v) is 11.1. The van der Waals surface area contributed by atoms with Crippen LogP contribution in [0.4, 0.5) is 0 Å². The van der Waals surface area contributed by atoms with Crippen molar-refractivity contribution < 1.29 is 4.79 Å². The Morgan fingerprint density at radius 3 is 2.95 bits per heavy atom. The molecule has 0 atom stereocenters. The van der Waals surface area contributed by atoms with E-state index in [-0.39, 0.29) is 11.3 Å². The highest BCUT2D eigenvalue weighted by Gasteiger charge is 2.14. The normalized spacial score (nSPS) is 11.1. The van der Waals surface area contributed by atoms with Gasteiger partial charge in [-0.3, -0.25) is 14.6 Å². The summed E-state index contributed by atoms with van der Waals surface area (Å²) in [5.41, 5.74) is 1.61. The second-order valence-corrected chi connectivity index (χ2v) is 5.05. The first-order valence-electron chi connectivity index (χ1n) is 5.61. The van der Waals surface area contributed by atoms with Crippen LogP contribution in [0.15, 0.2) is 22.4 Å². The van der Waals surface area contributed by atoms with Crippen molar-refractivity contribution in [3.8, 4) is 5.95 Å². The van der Waals surface area contributed by atoms with Crippen LogP contribution in [0.3, 0.4) is 0 Å². The third kappa shape index (κ3) is 1.78. The van der Waals surface area contributed by atoms with E-state index in [1.807, 2.05) is 5.38 Å². The molecular formula is C12H10N4O2S. The van der Waals surface area contributed by atoms with E-state index in [1.165, 1.54) is 29.1 Å². The van der Waals surface area contributed by atoms with Gasteiger partial charge in [-0.15, -0.1) is 11.3 Å². The van der Waals surface area contributed by atoms with Crippen LogP contribution in [-0.2, 0) is 0 Å². The van der Waals surface area contributed by atoms with E-state index in [4.69, 9.17) is 0 Å². The number of rotatable bonds is 2. The molecule has 0 aromatic carbocycles. The minimum atomic E-state index is -0.200. The second kappa shape index (κ2) is 4.13. The van der Waals surface area contributed by atoms with Gasteiger partial charge in [0.1, 0.15) is 4.70 Å². The molecule has 0 amide bonds. The Hall–Kier alpha value is -2.28. The van der Waals surface area contributed by atoms with Crippen molar-refractivity contribution in [3.63, 3.8) is 0 Å². The van der Waals surface area contributed by atoms with Crippen molar-refractivity contribution in [2.24, 2.45) is 0 Å². The van der Waals surface area contributed by atoms with E-state index in [9.17, 15) is 9.59 Å². The summed E-state index contributed by atoms with van der Waals surface area (Å²) in [6.45, 7) is 3.24. The minimum Gasteiger partial charge on any atom is -0.294 e. The van der Waals surface area contributed by atoms with Crippen LogP contribution in [0, 0.1) is 6.92 Å². The molecule has 0 aliphatic carbocycles. The molecule has 6 nitrogen and oxygen atoms in total. The van der Waals surface area contributed by atoms with E-state index >= 15 is 0 Å². The average Bonchev–Trinajstić information content (AvgIpc) is 2.94. The van der Waals surface area contributed by atoms with Crippen LogP contribution in [0.25, 0.3) is 16.2 Å². The summed E-state index contributed by atoms with van der Waals surface area (Å²) in [6, 6.07) is 1.78. The first-order valence-corrected chi connectivity index (χ1v) is 6.49. The van der Waals surface area contributed by atoms with Crippen molar-refractivity contribution in [2.45, 2.75) is 13.8 Å². The molecule has 0 radical (unpaired) electrons. The maximum absolute atomic E-state index is 11.9. The Kier molecular flexibility index (Phi) is 2.56. The maximum Gasteiger partial charge on any atom is 0.270 e. The Labute approximate surface area is 111 Å². The van der Waals surface area contributed by atoms with E-state index < -0.39 is 0 Å². The molecule has 0 spiro atoms. The van der Waals surface area contributed by atoms with Crippen molar-refractivity contribution >= 4 is 27.3 Å². The molecule has 3 rings (SSSR count). The van der Waals surface area contributed by atoms with Crippen molar-refractivity contribution in [1.29, 1.82) is 0 Å². The average molecular weight is 274 g/mol. The molecule has 0 bridgehead atoms. The van der Waals surface area contributed by atoms with Gasteiger partial charge in [0, 0.05) is 0 Å². The molecule has 0 unspecified atom stereocenters. The van der Waals surface area contributed by atoms with Gasteiger partial charge in [0.05, 0.1) is 23.0 Å². The topological polar surface area (TPSA) is 80.6 Å². The van der Waals surface area contributed by atoms with Gasteiger partial charge in [-0.25, -0.2) is 9.67 Å². The summed E-state index contributed by atoms with van der Waals surface area (Å²) in [7, 11) is 0. The lowest BCUT2D eigenvalue weighted by molar-refractivity contribution is 0.101. The second-order valence-electron chi connectivity index (χ2n) is 4.14. The van der Waals surface area contributed by atoms with Crippen LogP contribution in [0.1, 0.15) is 23.0 Å². The highest BCUT2D eigenvalue weighted by atomic mass is 32.1. The van der Waals surface area contributed by atoms with E-state index in [0.717, 1.165) is 0 Å². The van der Waals surface area contributed by atoms with Crippen molar-refractivity contribution in [2.75, 3.05) is 0 Å². The van der Waals surface area contributed by atoms with Gasteiger partial charge in [-0.1, -0.05) is 0 Å². The summed E-state index contributed by atoms with van der Waals surface area (Å²) >= 11 is 1.34. The lowest BCUT2D eigenvalue weighted by atomic mass is 10.2. The van der Waals surface area contributed by atoms with Crippen LogP contribution < -0.4 is 5.56 Å². The number of nitrogens with zero attached hydrogens (tertiary/aromatic N) is 3. The van der Waals surface area contributed by atoms with Crippen LogP contribution in [-0.4, -0.2) is 25.5 Å². The van der Waals surface area contributed by atoms with Gasteiger partial charge in [-0.2, -0.15) is 5.10 Å². The number of fused-ring (bicyclic) bond motifs is 1. The first kappa shape index (κ1) is 11.8. The minimum absolute atomic E-state index is 0.0669. The lowest BCUT2D eigenvalue weighted by Gasteiger charge is -2.03. The summed E-state index contributed by atoms with van der Waals surface area (Å²) < 4.78 is 2.05. The molecule has 96 valence electrons. The Balaban J connectivity index is 2.24. The summed E-state index contributed by atoms with van der Waals surface area (Å²) in [5, 5.41) is 5.92. The number of thiophene rings is 1. The molecule has 0 saturated heterocycles. The van der Waals surface area contributed by atoms with Gasteiger partial charge < -0.3 is 0 Å². The third-order valence-electron chi connectivity index (χ3n) is 2.89. The zero-order valence-electron chi connectivity index (χ0n) is 10.3. The molecule has 3 heterocycles. The third-order valence-corrected chi connectivity index (χ3v) is 3.79. The summed E-state index contributed by atoms with van der Waals surface area (Å²) in [4.78, 5) is 30.3. The van der Waals surface area contributed by atoms with Crippen LogP contribution in [0.5, 0.6) is 0 Å². The predicted octanol–water partition coefficient (Wildman–Crippen LogP) is 1.68. The standard InChI is InChI=1S/C12H10N4O2S/c1-6-8(7(2)17)5-13-16(6)12-14-9-3-4-19-10(9)11(18)15-12/h3-5H,1-2H3,(H,14,15,18). The number of aromatic nitrogens is 4. The smallest absolute Gasteiger partial charge is 0.270 e. The predicted molar refractivity (Wildman–Crippen MR) is 72.1 cm³/mol.